The molecule has 15 aromatic carbocycles. The van der Waals surface area contributed by atoms with Gasteiger partial charge in [-0.05, 0) is 182 Å². The van der Waals surface area contributed by atoms with Crippen molar-refractivity contribution in [1.82, 2.24) is 19.9 Å². The van der Waals surface area contributed by atoms with E-state index < -0.39 is 0 Å². The molecule has 0 spiro atoms. The molecule has 24 rings (SSSR count). The van der Waals surface area contributed by atoms with Crippen molar-refractivity contribution in [1.29, 1.82) is 0 Å². The summed E-state index contributed by atoms with van der Waals surface area (Å²) in [6.45, 7) is 13.9. The molecule has 21 aromatic rings. The van der Waals surface area contributed by atoms with Crippen LogP contribution in [0.3, 0.4) is 0 Å². The number of benzene rings is 15. The summed E-state index contributed by atoms with van der Waals surface area (Å²) >= 11 is 0. The fourth-order valence-corrected chi connectivity index (χ4v) is 18.3. The van der Waals surface area contributed by atoms with E-state index in [4.69, 9.17) is 9.97 Å². The maximum absolute atomic E-state index is 4.78. The Bertz CT molecular complexity index is 6630. The van der Waals surface area contributed by atoms with Crippen LogP contribution in [0.2, 0.25) is 0 Å². The summed E-state index contributed by atoms with van der Waals surface area (Å²) < 4.78 is 0. The van der Waals surface area contributed by atoms with E-state index in [9.17, 15) is 0 Å². The Balaban J connectivity index is 0.000000110. The first kappa shape index (κ1) is 83.3. The smallest absolute Gasteiger partial charge is 0.218 e. The molecule has 125 heavy (non-hydrogen) atoms. The second kappa shape index (κ2) is 36.2. The van der Waals surface area contributed by atoms with Gasteiger partial charge >= 0.3 is 0 Å². The van der Waals surface area contributed by atoms with Crippen LogP contribution < -0.4 is 9.97 Å². The zero-order valence-electron chi connectivity index (χ0n) is 70.2. The Morgan fingerprint density at radius 3 is 1.10 bits per heavy atom. The molecule has 0 unspecified atom stereocenters. The number of pyridine rings is 6. The first-order valence-electron chi connectivity index (χ1n) is 42.0. The minimum Gasteiger partial charge on any atom is -0.305 e. The van der Waals surface area contributed by atoms with Gasteiger partial charge in [-0.25, -0.2) is 9.97 Å². The third-order valence-electron chi connectivity index (χ3n) is 24.6. The van der Waals surface area contributed by atoms with E-state index in [0.717, 1.165) is 50.7 Å². The van der Waals surface area contributed by atoms with Crippen molar-refractivity contribution in [3.63, 3.8) is 0 Å². The summed E-state index contributed by atoms with van der Waals surface area (Å²) in [5.74, 6) is 0. The second-order valence-corrected chi connectivity index (χ2v) is 32.9. The topological polar surface area (TPSA) is 79.8 Å². The molecule has 8 heteroatoms. The van der Waals surface area contributed by atoms with Crippen LogP contribution in [0, 0.1) is 24.3 Å². The van der Waals surface area contributed by atoms with Gasteiger partial charge in [0.2, 0.25) is 11.4 Å². The summed E-state index contributed by atoms with van der Waals surface area (Å²) in [6, 6.07) is 145. The fourth-order valence-electron chi connectivity index (χ4n) is 18.3. The van der Waals surface area contributed by atoms with Gasteiger partial charge in [0.15, 0.2) is 12.4 Å². The average Bonchev–Trinajstić information content (AvgIpc) is 1.59. The molecular formula is C117H88Ir2N6-2. The molecule has 0 atom stereocenters. The largest absolute Gasteiger partial charge is 0.305 e. The molecule has 606 valence electrons. The number of nitrogens with one attached hydrogen (secondary N) is 2. The van der Waals surface area contributed by atoms with Crippen molar-refractivity contribution in [2.75, 3.05) is 0 Å². The van der Waals surface area contributed by atoms with E-state index in [1.54, 1.807) is 12.4 Å². The zero-order valence-corrected chi connectivity index (χ0v) is 75.0. The molecule has 6 nitrogen and oxygen atoms in total. The van der Waals surface area contributed by atoms with Crippen LogP contribution in [0.4, 0.5) is 0 Å². The first-order valence-corrected chi connectivity index (χ1v) is 42.0. The Labute approximate surface area is 758 Å². The number of rotatable bonds is 6. The monoisotopic (exact) mass is 1960 g/mol. The predicted molar refractivity (Wildman–Crippen MR) is 509 cm³/mol. The predicted octanol–water partition coefficient (Wildman–Crippen LogP) is 28.4. The molecule has 3 aliphatic rings. The van der Waals surface area contributed by atoms with Crippen molar-refractivity contribution < 1.29 is 50.2 Å². The van der Waals surface area contributed by atoms with Crippen molar-refractivity contribution in [2.24, 2.45) is 0 Å². The molecule has 0 saturated heterocycles. The molecule has 0 bridgehead atoms. The average molecular weight is 1960 g/mol. The molecule has 6 heterocycles. The maximum atomic E-state index is 4.78. The van der Waals surface area contributed by atoms with Gasteiger partial charge in [0.05, 0.1) is 5.39 Å². The standard InChI is InChI=1S/C28H21N.2C28H20N.C11H9N.2C11H8N.2Ir/c3*1-28(2)25-10-6-5-9-22(25)23-13-12-19(17-26(23)28)27-24-14-11-18-7-3-4-8-20(18)21(24)15-16-29-27;3*1-2-6-10(7-3-1)11-8-4-5-9-12-11;;/h3-17H,1-2H3;2*3-11,13-17H,1-2H3;1-9H;2*1-6,8-9H;;/q;2*-1;;2*-1;;/p+2. The van der Waals surface area contributed by atoms with Gasteiger partial charge in [0.25, 0.3) is 0 Å². The van der Waals surface area contributed by atoms with Gasteiger partial charge in [-0.3, -0.25) is 0 Å². The van der Waals surface area contributed by atoms with Gasteiger partial charge in [-0.2, -0.15) is 0 Å². The van der Waals surface area contributed by atoms with Crippen LogP contribution in [0.15, 0.2) is 413 Å². The Hall–Kier alpha value is -13.9. The molecular weight excluding hydrogens is 1870 g/mol. The van der Waals surface area contributed by atoms with Gasteiger partial charge in [0.1, 0.15) is 0 Å². The van der Waals surface area contributed by atoms with E-state index in [1.165, 1.54) is 148 Å². The normalized spacial score (nSPS) is 12.6. The van der Waals surface area contributed by atoms with Gasteiger partial charge in [-0.15, -0.1) is 130 Å². The SMILES string of the molecule is CC1(C)c2ccccc2-c2c[c-]c(-c3nccc4c3ccc3ccccc34)cc21.CC1(C)c2ccccc2-c2c[c-]c(-c3nccc4c3ccc3ccccc34)cc21.CC1(C)c2ccccc2-c2ccc(-c3[nH+]ccc4c3ccc3ccccc34)cc21.[Ir].[Ir].[c-]1ccccc1-c1ccccn1.[c-]1ccccc1-c1ccccn1.c1ccc(-c2cccc[nH+]2)cc1. The summed E-state index contributed by atoms with van der Waals surface area (Å²) in [5.41, 5.74) is 29.2. The summed E-state index contributed by atoms with van der Waals surface area (Å²) in [6.07, 6.45) is 11.4. The Morgan fingerprint density at radius 2 is 0.648 bits per heavy atom. The second-order valence-electron chi connectivity index (χ2n) is 32.9. The third kappa shape index (κ3) is 16.4. The maximum Gasteiger partial charge on any atom is 0.218 e. The van der Waals surface area contributed by atoms with Crippen LogP contribution in [-0.4, -0.2) is 19.9 Å². The molecule has 0 aliphatic heterocycles. The molecule has 2 radical (unpaired) electrons. The Morgan fingerprint density at radius 1 is 0.240 bits per heavy atom. The van der Waals surface area contributed by atoms with Gasteiger partial charge in [0, 0.05) is 105 Å². The van der Waals surface area contributed by atoms with E-state index in [-0.39, 0.29) is 56.5 Å². The van der Waals surface area contributed by atoms with Crippen LogP contribution in [0.5, 0.6) is 0 Å². The van der Waals surface area contributed by atoms with Crippen molar-refractivity contribution in [3.05, 3.63) is 471 Å². The fraction of sp³-hybridized carbons (Fsp3) is 0.0769. The number of H-pyrrole nitrogens is 2. The van der Waals surface area contributed by atoms with Crippen molar-refractivity contribution in [2.45, 2.75) is 57.8 Å². The van der Waals surface area contributed by atoms with E-state index in [1.807, 2.05) is 134 Å². The van der Waals surface area contributed by atoms with E-state index in [0.29, 0.717) is 0 Å². The van der Waals surface area contributed by atoms with Crippen LogP contribution >= 0.6 is 0 Å². The van der Waals surface area contributed by atoms with Gasteiger partial charge in [-0.1, -0.05) is 288 Å². The number of fused-ring (bicyclic) bond motifs is 18. The number of aromatic nitrogens is 6. The molecule has 2 N–H and O–H groups in total. The third-order valence-corrected chi connectivity index (χ3v) is 24.6. The molecule has 3 aliphatic carbocycles. The summed E-state index contributed by atoms with van der Waals surface area (Å²) in [5, 5.41) is 15.0. The zero-order chi connectivity index (χ0) is 83.4. The number of aromatic amines is 2. The molecule has 6 aromatic heterocycles. The summed E-state index contributed by atoms with van der Waals surface area (Å²) in [7, 11) is 0. The number of nitrogens with zero attached hydrogens (tertiary/aromatic N) is 4. The number of hydrogen-bond donors (Lipinski definition) is 0. The quantitative estimate of drug-likeness (QED) is 0.123. The van der Waals surface area contributed by atoms with Crippen LogP contribution in [0.25, 0.3) is 166 Å². The van der Waals surface area contributed by atoms with E-state index in [2.05, 4.69) is 353 Å². The molecule has 0 amide bonds. The first-order chi connectivity index (χ1) is 60.3. The molecule has 0 fully saturated rings. The van der Waals surface area contributed by atoms with Crippen LogP contribution in [0.1, 0.15) is 74.9 Å². The van der Waals surface area contributed by atoms with Crippen molar-refractivity contribution >= 4 is 64.6 Å². The summed E-state index contributed by atoms with van der Waals surface area (Å²) in [4.78, 5) is 24.7. The van der Waals surface area contributed by atoms with Gasteiger partial charge < -0.3 is 19.9 Å². The van der Waals surface area contributed by atoms with E-state index >= 15 is 0 Å². The minimum absolute atomic E-state index is 0. The number of hydrogen-bond acceptors (Lipinski definition) is 4. The molecule has 0 saturated carbocycles. The Kier molecular flexibility index (Phi) is 24.2. The minimum atomic E-state index is -0.0208. The van der Waals surface area contributed by atoms with Crippen molar-refractivity contribution in [3.8, 4) is 101 Å². The van der Waals surface area contributed by atoms with Crippen LogP contribution in [-0.2, 0) is 56.5 Å².